The van der Waals surface area contributed by atoms with Crippen LogP contribution in [-0.4, -0.2) is 33.7 Å². The van der Waals surface area contributed by atoms with E-state index in [0.717, 1.165) is 31.6 Å². The van der Waals surface area contributed by atoms with Gasteiger partial charge in [0, 0.05) is 26.3 Å². The van der Waals surface area contributed by atoms with Crippen molar-refractivity contribution in [1.29, 1.82) is 0 Å². The molecule has 0 radical (unpaired) electrons. The quantitative estimate of drug-likeness (QED) is 0.806. The predicted molar refractivity (Wildman–Crippen MR) is 56.5 cm³/mol. The van der Waals surface area contributed by atoms with Crippen LogP contribution in [0.15, 0.2) is 12.3 Å². The second-order valence-corrected chi connectivity index (χ2v) is 4.16. The van der Waals surface area contributed by atoms with Gasteiger partial charge in [0.05, 0.1) is 17.9 Å². The van der Waals surface area contributed by atoms with Crippen LogP contribution >= 0.6 is 0 Å². The molecule has 1 fully saturated rings. The van der Waals surface area contributed by atoms with Crippen LogP contribution in [0.1, 0.15) is 25.0 Å². The second kappa shape index (κ2) is 4.77. The van der Waals surface area contributed by atoms with Crippen molar-refractivity contribution in [3.8, 4) is 0 Å². The molecule has 1 N–H and O–H groups in total. The Bertz CT molecular complexity index is 305. The molecule has 4 heteroatoms. The first-order valence-electron chi connectivity index (χ1n) is 5.54. The van der Waals surface area contributed by atoms with Gasteiger partial charge in [-0.25, -0.2) is 0 Å². The highest BCUT2D eigenvalue weighted by atomic mass is 16.5. The predicted octanol–water partition coefficient (Wildman–Crippen LogP) is 0.893. The van der Waals surface area contributed by atoms with Gasteiger partial charge in [-0.1, -0.05) is 0 Å². The summed E-state index contributed by atoms with van der Waals surface area (Å²) in [7, 11) is 1.88. The molecule has 1 aromatic heterocycles. The molecule has 84 valence electrons. The molecule has 0 aliphatic carbocycles. The lowest BCUT2D eigenvalue weighted by molar-refractivity contribution is -0.0614. The lowest BCUT2D eigenvalue weighted by Crippen LogP contribution is -2.33. The summed E-state index contributed by atoms with van der Waals surface area (Å²) in [4.78, 5) is 0. The van der Waals surface area contributed by atoms with E-state index < -0.39 is 6.10 Å². The molecule has 0 saturated carbocycles. The highest BCUT2D eigenvalue weighted by Gasteiger charge is 2.23. The summed E-state index contributed by atoms with van der Waals surface area (Å²) in [6.07, 6.45) is 5.31. The van der Waals surface area contributed by atoms with Crippen LogP contribution in [0.2, 0.25) is 0 Å². The van der Waals surface area contributed by atoms with Crippen LogP contribution < -0.4 is 0 Å². The van der Waals surface area contributed by atoms with E-state index >= 15 is 0 Å². The summed E-state index contributed by atoms with van der Waals surface area (Å²) >= 11 is 0. The number of aromatic nitrogens is 2. The average molecular weight is 210 g/mol. The maximum absolute atomic E-state index is 9.96. The number of ether oxygens (including phenoxy) is 1. The van der Waals surface area contributed by atoms with Crippen LogP contribution in [0.4, 0.5) is 0 Å². The molecule has 1 aliphatic rings. The van der Waals surface area contributed by atoms with Crippen LogP contribution in [-0.2, 0) is 18.2 Å². The van der Waals surface area contributed by atoms with E-state index in [1.54, 1.807) is 4.68 Å². The number of hydrogen-bond acceptors (Lipinski definition) is 3. The van der Waals surface area contributed by atoms with Gasteiger partial charge in [-0.2, -0.15) is 5.10 Å². The minimum Gasteiger partial charge on any atom is -0.390 e. The van der Waals surface area contributed by atoms with Crippen molar-refractivity contribution < 1.29 is 9.84 Å². The van der Waals surface area contributed by atoms with E-state index in [-0.39, 0.29) is 6.10 Å². The molecule has 1 aromatic rings. The largest absolute Gasteiger partial charge is 0.390 e. The Labute approximate surface area is 89.9 Å². The Balaban J connectivity index is 1.88. The molecule has 2 atom stereocenters. The maximum atomic E-state index is 9.96. The molecular weight excluding hydrogens is 192 g/mol. The number of aliphatic hydroxyl groups is 1. The molecular formula is C11H18N2O2. The Morgan fingerprint density at radius 1 is 1.67 bits per heavy atom. The van der Waals surface area contributed by atoms with Crippen molar-refractivity contribution in [2.45, 2.75) is 37.9 Å². The van der Waals surface area contributed by atoms with Gasteiger partial charge in [-0.3, -0.25) is 4.68 Å². The average Bonchev–Trinajstić information content (AvgIpc) is 2.65. The molecule has 0 bridgehead atoms. The fraction of sp³-hybridized carbons (Fsp3) is 0.727. The molecule has 0 amide bonds. The highest BCUT2D eigenvalue weighted by Crippen LogP contribution is 2.17. The van der Waals surface area contributed by atoms with Crippen molar-refractivity contribution in [1.82, 2.24) is 9.78 Å². The van der Waals surface area contributed by atoms with Gasteiger partial charge in [0.1, 0.15) is 0 Å². The van der Waals surface area contributed by atoms with Gasteiger partial charge in [0.25, 0.3) is 0 Å². The van der Waals surface area contributed by atoms with E-state index in [2.05, 4.69) is 5.10 Å². The number of nitrogens with zero attached hydrogens (tertiary/aromatic N) is 2. The van der Waals surface area contributed by atoms with E-state index in [1.165, 1.54) is 0 Å². The number of hydrogen-bond donors (Lipinski definition) is 1. The van der Waals surface area contributed by atoms with E-state index in [1.807, 2.05) is 19.3 Å². The molecule has 4 nitrogen and oxygen atoms in total. The lowest BCUT2D eigenvalue weighted by Gasteiger charge is -2.26. The monoisotopic (exact) mass is 210 g/mol. The lowest BCUT2D eigenvalue weighted by atomic mass is 10.0. The van der Waals surface area contributed by atoms with Crippen molar-refractivity contribution >= 4 is 0 Å². The fourth-order valence-corrected chi connectivity index (χ4v) is 1.99. The molecule has 1 aliphatic heterocycles. The molecule has 0 spiro atoms. The van der Waals surface area contributed by atoms with Crippen molar-refractivity contribution in [2.75, 3.05) is 6.61 Å². The van der Waals surface area contributed by atoms with Crippen molar-refractivity contribution in [3.05, 3.63) is 18.0 Å². The van der Waals surface area contributed by atoms with Gasteiger partial charge in [0.2, 0.25) is 0 Å². The smallest absolute Gasteiger partial charge is 0.0857 e. The van der Waals surface area contributed by atoms with Gasteiger partial charge in [0.15, 0.2) is 0 Å². The zero-order chi connectivity index (χ0) is 10.7. The van der Waals surface area contributed by atoms with Gasteiger partial charge >= 0.3 is 0 Å². The number of aryl methyl sites for hydroxylation is 1. The Morgan fingerprint density at radius 2 is 2.53 bits per heavy atom. The summed E-state index contributed by atoms with van der Waals surface area (Å²) in [5.74, 6) is 0. The SMILES string of the molecule is Cn1ccc(CC(O)C2CCCCO2)n1. The maximum Gasteiger partial charge on any atom is 0.0857 e. The summed E-state index contributed by atoms with van der Waals surface area (Å²) in [5, 5.41) is 14.2. The summed E-state index contributed by atoms with van der Waals surface area (Å²) in [6, 6.07) is 1.94. The first-order chi connectivity index (χ1) is 7.25. The summed E-state index contributed by atoms with van der Waals surface area (Å²) < 4.78 is 7.29. The Kier molecular flexibility index (Phi) is 3.38. The summed E-state index contributed by atoms with van der Waals surface area (Å²) in [6.45, 7) is 0.782. The standard InChI is InChI=1S/C11H18N2O2/c1-13-6-5-9(12-13)8-10(14)11-4-2-3-7-15-11/h5-6,10-11,14H,2-4,7-8H2,1H3. The zero-order valence-corrected chi connectivity index (χ0v) is 9.09. The molecule has 15 heavy (non-hydrogen) atoms. The van der Waals surface area contributed by atoms with Crippen LogP contribution in [0, 0.1) is 0 Å². The Hall–Kier alpha value is -0.870. The van der Waals surface area contributed by atoms with Crippen LogP contribution in [0.5, 0.6) is 0 Å². The first-order valence-corrected chi connectivity index (χ1v) is 5.54. The molecule has 0 aromatic carbocycles. The fourth-order valence-electron chi connectivity index (χ4n) is 1.99. The third kappa shape index (κ3) is 2.79. The summed E-state index contributed by atoms with van der Waals surface area (Å²) in [5.41, 5.74) is 0.930. The number of aliphatic hydroxyl groups excluding tert-OH is 1. The van der Waals surface area contributed by atoms with Crippen LogP contribution in [0.3, 0.4) is 0 Å². The molecule has 2 rings (SSSR count). The molecule has 2 heterocycles. The van der Waals surface area contributed by atoms with Gasteiger partial charge in [-0.05, 0) is 25.3 Å². The zero-order valence-electron chi connectivity index (χ0n) is 9.09. The minimum atomic E-state index is -0.416. The molecule has 2 unspecified atom stereocenters. The topological polar surface area (TPSA) is 47.3 Å². The van der Waals surface area contributed by atoms with Crippen LogP contribution in [0.25, 0.3) is 0 Å². The van der Waals surface area contributed by atoms with Gasteiger partial charge in [-0.15, -0.1) is 0 Å². The van der Waals surface area contributed by atoms with E-state index in [4.69, 9.17) is 4.74 Å². The first kappa shape index (κ1) is 10.6. The highest BCUT2D eigenvalue weighted by molar-refractivity contribution is 5.01. The third-order valence-electron chi connectivity index (χ3n) is 2.83. The number of rotatable bonds is 3. The molecule has 1 saturated heterocycles. The van der Waals surface area contributed by atoms with Gasteiger partial charge < -0.3 is 9.84 Å². The minimum absolute atomic E-state index is 0.000700. The van der Waals surface area contributed by atoms with E-state index in [9.17, 15) is 5.11 Å². The normalized spacial score (nSPS) is 24.0. The van der Waals surface area contributed by atoms with Crippen molar-refractivity contribution in [3.63, 3.8) is 0 Å². The second-order valence-electron chi connectivity index (χ2n) is 4.16. The van der Waals surface area contributed by atoms with Crippen molar-refractivity contribution in [2.24, 2.45) is 7.05 Å². The Morgan fingerprint density at radius 3 is 3.13 bits per heavy atom. The van der Waals surface area contributed by atoms with E-state index in [0.29, 0.717) is 6.42 Å². The third-order valence-corrected chi connectivity index (χ3v) is 2.83.